The van der Waals surface area contributed by atoms with Gasteiger partial charge in [-0.25, -0.2) is 0 Å². The van der Waals surface area contributed by atoms with Gasteiger partial charge in [0.05, 0.1) is 10.6 Å². The predicted octanol–water partition coefficient (Wildman–Crippen LogP) is 2.59. The third-order valence-electron chi connectivity index (χ3n) is 1.75. The van der Waals surface area contributed by atoms with Gasteiger partial charge in [-0.2, -0.15) is 0 Å². The van der Waals surface area contributed by atoms with E-state index < -0.39 is 0 Å². The summed E-state index contributed by atoms with van der Waals surface area (Å²) in [6.07, 6.45) is 3.82. The highest BCUT2D eigenvalue weighted by molar-refractivity contribution is 6.31. The Balaban J connectivity index is 2.79. The lowest BCUT2D eigenvalue weighted by molar-refractivity contribution is 0.158. The molecule has 0 aromatic carbocycles. The lowest BCUT2D eigenvalue weighted by Crippen LogP contribution is -2.45. The van der Waals surface area contributed by atoms with Gasteiger partial charge in [-0.3, -0.25) is 5.01 Å². The maximum absolute atomic E-state index is 5.89. The number of rotatable bonds is 0. The number of hydrogen-bond acceptors (Lipinski definition) is 2. The Morgan fingerprint density at radius 3 is 2.42 bits per heavy atom. The van der Waals surface area contributed by atoms with Gasteiger partial charge in [0, 0.05) is 12.4 Å². The van der Waals surface area contributed by atoms with Gasteiger partial charge in [0.2, 0.25) is 0 Å². The molecule has 68 valence electrons. The fourth-order valence-electron chi connectivity index (χ4n) is 0.920. The fraction of sp³-hybridized carbons (Fsp3) is 0.556. The molecule has 0 aliphatic carbocycles. The zero-order valence-electron chi connectivity index (χ0n) is 7.98. The molecule has 1 N–H and O–H groups in total. The molecule has 0 radical (unpaired) electrons. The van der Waals surface area contributed by atoms with Crippen LogP contribution in [0.3, 0.4) is 0 Å². The van der Waals surface area contributed by atoms with Gasteiger partial charge in [0.15, 0.2) is 0 Å². The molecular formula is C9H15ClN2. The standard InChI is InChI=1S/C9H15ClN2/c1-7-6-12(9(2,3)4)11-5-8(7)10/h5-6,11H,1-4H3. The van der Waals surface area contributed by atoms with Crippen LogP contribution in [0.1, 0.15) is 27.7 Å². The van der Waals surface area contributed by atoms with Gasteiger partial charge >= 0.3 is 0 Å². The van der Waals surface area contributed by atoms with Crippen LogP contribution in [-0.4, -0.2) is 10.5 Å². The number of halogens is 1. The third kappa shape index (κ3) is 1.95. The van der Waals surface area contributed by atoms with E-state index in [-0.39, 0.29) is 5.54 Å². The Hall–Kier alpha value is -0.630. The second-order valence-electron chi connectivity index (χ2n) is 3.97. The van der Waals surface area contributed by atoms with Crippen molar-refractivity contribution in [1.29, 1.82) is 0 Å². The van der Waals surface area contributed by atoms with E-state index in [2.05, 4.69) is 26.2 Å². The van der Waals surface area contributed by atoms with E-state index >= 15 is 0 Å². The Bertz CT molecular complexity index is 235. The Kier molecular flexibility index (Phi) is 2.38. The minimum absolute atomic E-state index is 0.0787. The minimum atomic E-state index is 0.0787. The smallest absolute Gasteiger partial charge is 0.0626 e. The van der Waals surface area contributed by atoms with E-state index in [1.807, 2.05) is 24.3 Å². The second-order valence-corrected chi connectivity index (χ2v) is 4.38. The van der Waals surface area contributed by atoms with E-state index in [0.717, 1.165) is 10.6 Å². The normalized spacial score (nSPS) is 18.2. The Morgan fingerprint density at radius 2 is 2.00 bits per heavy atom. The molecule has 0 saturated carbocycles. The lowest BCUT2D eigenvalue weighted by Gasteiger charge is -2.36. The topological polar surface area (TPSA) is 15.3 Å². The summed E-state index contributed by atoms with van der Waals surface area (Å²) in [6, 6.07) is 0. The first-order chi connectivity index (χ1) is 5.41. The van der Waals surface area contributed by atoms with E-state index in [1.54, 1.807) is 0 Å². The second kappa shape index (κ2) is 3.02. The van der Waals surface area contributed by atoms with Crippen molar-refractivity contribution < 1.29 is 0 Å². The first kappa shape index (κ1) is 9.46. The largest absolute Gasteiger partial charge is 0.304 e. The number of hydrazine groups is 1. The van der Waals surface area contributed by atoms with Gasteiger partial charge < -0.3 is 5.43 Å². The summed E-state index contributed by atoms with van der Waals surface area (Å²) in [5, 5.41) is 2.81. The van der Waals surface area contributed by atoms with E-state index in [0.29, 0.717) is 0 Å². The van der Waals surface area contributed by atoms with Crippen molar-refractivity contribution in [2.45, 2.75) is 33.2 Å². The van der Waals surface area contributed by atoms with Crippen LogP contribution in [0, 0.1) is 0 Å². The van der Waals surface area contributed by atoms with Crippen LogP contribution in [0.4, 0.5) is 0 Å². The molecule has 0 spiro atoms. The van der Waals surface area contributed by atoms with Crippen molar-refractivity contribution in [2.24, 2.45) is 0 Å². The van der Waals surface area contributed by atoms with Crippen molar-refractivity contribution in [3.05, 3.63) is 23.0 Å². The van der Waals surface area contributed by atoms with Crippen molar-refractivity contribution in [2.75, 3.05) is 0 Å². The first-order valence-corrected chi connectivity index (χ1v) is 4.39. The van der Waals surface area contributed by atoms with Crippen molar-refractivity contribution >= 4 is 11.6 Å². The van der Waals surface area contributed by atoms with E-state index in [4.69, 9.17) is 11.6 Å². The molecule has 12 heavy (non-hydrogen) atoms. The van der Waals surface area contributed by atoms with Crippen LogP contribution in [0.5, 0.6) is 0 Å². The maximum atomic E-state index is 5.89. The van der Waals surface area contributed by atoms with Crippen LogP contribution in [0.15, 0.2) is 23.0 Å². The molecular weight excluding hydrogens is 172 g/mol. The highest BCUT2D eigenvalue weighted by atomic mass is 35.5. The SMILES string of the molecule is CC1=CN(C(C)(C)C)NC=C1Cl. The van der Waals surface area contributed by atoms with Crippen LogP contribution in [-0.2, 0) is 0 Å². The number of nitrogens with one attached hydrogen (secondary N) is 1. The summed E-state index contributed by atoms with van der Waals surface area (Å²) in [4.78, 5) is 0. The first-order valence-electron chi connectivity index (χ1n) is 4.01. The minimum Gasteiger partial charge on any atom is -0.304 e. The zero-order chi connectivity index (χ0) is 9.35. The quantitative estimate of drug-likeness (QED) is 0.626. The molecule has 1 heterocycles. The Morgan fingerprint density at radius 1 is 1.42 bits per heavy atom. The molecule has 0 aromatic heterocycles. The lowest BCUT2D eigenvalue weighted by atomic mass is 10.1. The summed E-state index contributed by atoms with van der Waals surface area (Å²) < 4.78 is 0. The molecule has 0 atom stereocenters. The van der Waals surface area contributed by atoms with E-state index in [9.17, 15) is 0 Å². The fourth-order valence-corrected chi connectivity index (χ4v) is 1.02. The van der Waals surface area contributed by atoms with E-state index in [1.165, 1.54) is 0 Å². The van der Waals surface area contributed by atoms with Crippen LogP contribution in [0.25, 0.3) is 0 Å². The number of allylic oxidation sites excluding steroid dienone is 2. The molecule has 0 amide bonds. The van der Waals surface area contributed by atoms with Gasteiger partial charge in [0.25, 0.3) is 0 Å². The van der Waals surface area contributed by atoms with Crippen molar-refractivity contribution in [3.8, 4) is 0 Å². The zero-order valence-corrected chi connectivity index (χ0v) is 8.74. The monoisotopic (exact) mass is 186 g/mol. The van der Waals surface area contributed by atoms with Crippen LogP contribution < -0.4 is 5.43 Å². The Labute approximate surface area is 78.9 Å². The average Bonchev–Trinajstić information content (AvgIpc) is 1.92. The average molecular weight is 187 g/mol. The van der Waals surface area contributed by atoms with Gasteiger partial charge in [0.1, 0.15) is 0 Å². The molecule has 0 aromatic rings. The highest BCUT2D eigenvalue weighted by Gasteiger charge is 2.20. The molecule has 0 fully saturated rings. The van der Waals surface area contributed by atoms with Gasteiger partial charge in [-0.15, -0.1) is 0 Å². The van der Waals surface area contributed by atoms with Crippen LogP contribution in [0.2, 0.25) is 0 Å². The van der Waals surface area contributed by atoms with Crippen molar-refractivity contribution in [3.63, 3.8) is 0 Å². The van der Waals surface area contributed by atoms with Gasteiger partial charge in [-0.1, -0.05) is 11.6 Å². The number of nitrogens with zero attached hydrogens (tertiary/aromatic N) is 1. The molecule has 1 aliphatic rings. The molecule has 2 nitrogen and oxygen atoms in total. The molecule has 0 unspecified atom stereocenters. The molecule has 1 aliphatic heterocycles. The predicted molar refractivity (Wildman–Crippen MR) is 52.4 cm³/mol. The maximum Gasteiger partial charge on any atom is 0.0626 e. The van der Waals surface area contributed by atoms with Gasteiger partial charge in [-0.05, 0) is 33.3 Å². The number of hydrogen-bond donors (Lipinski definition) is 1. The summed E-state index contributed by atoms with van der Waals surface area (Å²) >= 11 is 5.89. The molecule has 1 rings (SSSR count). The molecule has 0 bridgehead atoms. The highest BCUT2D eigenvalue weighted by Crippen LogP contribution is 2.21. The summed E-state index contributed by atoms with van der Waals surface area (Å²) in [5.74, 6) is 0. The van der Waals surface area contributed by atoms with Crippen molar-refractivity contribution in [1.82, 2.24) is 10.4 Å². The summed E-state index contributed by atoms with van der Waals surface area (Å²) in [6.45, 7) is 8.41. The third-order valence-corrected chi connectivity index (χ3v) is 2.16. The van der Waals surface area contributed by atoms with Crippen LogP contribution >= 0.6 is 11.6 Å². The summed E-state index contributed by atoms with van der Waals surface area (Å²) in [7, 11) is 0. The molecule has 3 heteroatoms. The molecule has 0 saturated heterocycles. The summed E-state index contributed by atoms with van der Waals surface area (Å²) in [5.41, 5.74) is 4.27.